The Hall–Kier alpha value is -0.650. The molecular weight excluding hydrogens is 234 g/mol. The molecule has 0 spiro atoms. The van der Waals surface area contributed by atoms with Gasteiger partial charge in [-0.3, -0.25) is 4.79 Å². The van der Waals surface area contributed by atoms with Crippen LogP contribution in [-0.2, 0) is 19.0 Å². The first-order valence-corrected chi connectivity index (χ1v) is 6.81. The average Bonchev–Trinajstić information content (AvgIpc) is 2.42. The predicted molar refractivity (Wildman–Crippen MR) is 72.8 cm³/mol. The van der Waals surface area contributed by atoms with E-state index in [0.29, 0.717) is 46.0 Å². The Kier molecular flexibility index (Phi) is 20.5. The molecule has 0 atom stereocenters. The van der Waals surface area contributed by atoms with Crippen LogP contribution in [0.5, 0.6) is 0 Å². The van der Waals surface area contributed by atoms with Crippen molar-refractivity contribution in [1.29, 1.82) is 0 Å². The van der Waals surface area contributed by atoms with Crippen LogP contribution in [0.15, 0.2) is 0 Å². The monoisotopic (exact) mass is 263 g/mol. The van der Waals surface area contributed by atoms with E-state index in [-0.39, 0.29) is 5.91 Å². The summed E-state index contributed by atoms with van der Waals surface area (Å²) in [7, 11) is 0. The summed E-state index contributed by atoms with van der Waals surface area (Å²) in [5.41, 5.74) is 0. The third-order valence-corrected chi connectivity index (χ3v) is 1.84. The second kappa shape index (κ2) is 18.7. The number of carbonyl (C=O) groups is 1. The topological polar surface area (TPSA) is 56.8 Å². The minimum atomic E-state index is 0.0524. The van der Waals surface area contributed by atoms with Crippen molar-refractivity contribution in [2.75, 3.05) is 46.2 Å². The first-order valence-electron chi connectivity index (χ1n) is 6.81. The molecule has 0 aromatic carbocycles. The van der Waals surface area contributed by atoms with Gasteiger partial charge in [-0.25, -0.2) is 0 Å². The summed E-state index contributed by atoms with van der Waals surface area (Å²) in [6.07, 6.45) is 0.514. The molecule has 0 bridgehead atoms. The van der Waals surface area contributed by atoms with Gasteiger partial charge in [-0.2, -0.15) is 0 Å². The lowest BCUT2D eigenvalue weighted by molar-refractivity contribution is -0.121. The SMILES string of the molecule is CC.CCOCCOCCOCCNC(=O)CC. The van der Waals surface area contributed by atoms with Crippen molar-refractivity contribution in [2.24, 2.45) is 0 Å². The average molecular weight is 263 g/mol. The minimum absolute atomic E-state index is 0.0524. The highest BCUT2D eigenvalue weighted by atomic mass is 16.5. The van der Waals surface area contributed by atoms with E-state index >= 15 is 0 Å². The number of amides is 1. The second-order valence-electron chi connectivity index (χ2n) is 3.13. The molecule has 0 unspecified atom stereocenters. The fourth-order valence-electron chi connectivity index (χ4n) is 0.972. The van der Waals surface area contributed by atoms with E-state index in [4.69, 9.17) is 14.2 Å². The fraction of sp³-hybridized carbons (Fsp3) is 0.923. The number of hydrogen-bond donors (Lipinski definition) is 1. The number of nitrogens with one attached hydrogen (secondary N) is 1. The molecule has 18 heavy (non-hydrogen) atoms. The van der Waals surface area contributed by atoms with E-state index in [2.05, 4.69) is 5.32 Å². The summed E-state index contributed by atoms with van der Waals surface area (Å²) in [5, 5.41) is 2.73. The highest BCUT2D eigenvalue weighted by Gasteiger charge is 1.95. The summed E-state index contributed by atoms with van der Waals surface area (Å²) in [4.78, 5) is 10.8. The summed E-state index contributed by atoms with van der Waals surface area (Å²) in [6.45, 7) is 11.9. The van der Waals surface area contributed by atoms with Gasteiger partial charge < -0.3 is 19.5 Å². The number of ether oxygens (including phenoxy) is 3. The van der Waals surface area contributed by atoms with E-state index < -0.39 is 0 Å². The molecule has 0 fully saturated rings. The Labute approximate surface area is 111 Å². The molecule has 0 aliphatic carbocycles. The van der Waals surface area contributed by atoms with E-state index in [1.807, 2.05) is 27.7 Å². The lowest BCUT2D eigenvalue weighted by atomic mass is 10.4. The van der Waals surface area contributed by atoms with Crippen LogP contribution in [0.3, 0.4) is 0 Å². The number of hydrogen-bond acceptors (Lipinski definition) is 4. The minimum Gasteiger partial charge on any atom is -0.379 e. The van der Waals surface area contributed by atoms with E-state index in [1.165, 1.54) is 0 Å². The zero-order valence-electron chi connectivity index (χ0n) is 12.3. The van der Waals surface area contributed by atoms with Crippen LogP contribution in [0.1, 0.15) is 34.1 Å². The molecule has 0 radical (unpaired) electrons. The van der Waals surface area contributed by atoms with E-state index in [9.17, 15) is 4.79 Å². The second-order valence-corrected chi connectivity index (χ2v) is 3.13. The first-order chi connectivity index (χ1) is 8.81. The molecule has 0 aromatic rings. The third kappa shape index (κ3) is 17.7. The van der Waals surface area contributed by atoms with Gasteiger partial charge in [-0.05, 0) is 6.92 Å². The van der Waals surface area contributed by atoms with Crippen molar-refractivity contribution in [3.05, 3.63) is 0 Å². The van der Waals surface area contributed by atoms with Gasteiger partial charge in [0.05, 0.1) is 33.0 Å². The van der Waals surface area contributed by atoms with Crippen LogP contribution < -0.4 is 5.32 Å². The summed E-state index contributed by atoms with van der Waals surface area (Å²) in [6, 6.07) is 0. The van der Waals surface area contributed by atoms with Gasteiger partial charge in [0.1, 0.15) is 0 Å². The zero-order chi connectivity index (χ0) is 14.1. The Morgan fingerprint density at radius 2 is 1.39 bits per heavy atom. The highest BCUT2D eigenvalue weighted by Crippen LogP contribution is 1.81. The molecule has 0 heterocycles. The van der Waals surface area contributed by atoms with Crippen molar-refractivity contribution in [3.63, 3.8) is 0 Å². The lowest BCUT2D eigenvalue weighted by Crippen LogP contribution is -2.26. The van der Waals surface area contributed by atoms with Crippen LogP contribution in [0.2, 0.25) is 0 Å². The first kappa shape index (κ1) is 19.7. The largest absolute Gasteiger partial charge is 0.379 e. The van der Waals surface area contributed by atoms with Crippen LogP contribution in [0, 0.1) is 0 Å². The van der Waals surface area contributed by atoms with Gasteiger partial charge in [-0.1, -0.05) is 20.8 Å². The molecule has 110 valence electrons. The molecule has 0 saturated heterocycles. The lowest BCUT2D eigenvalue weighted by Gasteiger charge is -2.06. The Bertz CT molecular complexity index is 165. The van der Waals surface area contributed by atoms with Gasteiger partial charge in [0.2, 0.25) is 5.91 Å². The van der Waals surface area contributed by atoms with Crippen LogP contribution in [-0.4, -0.2) is 52.1 Å². The maximum Gasteiger partial charge on any atom is 0.219 e. The van der Waals surface area contributed by atoms with Crippen molar-refractivity contribution in [3.8, 4) is 0 Å². The highest BCUT2D eigenvalue weighted by molar-refractivity contribution is 5.75. The van der Waals surface area contributed by atoms with Crippen molar-refractivity contribution >= 4 is 5.91 Å². The van der Waals surface area contributed by atoms with Crippen molar-refractivity contribution in [1.82, 2.24) is 5.32 Å². The van der Waals surface area contributed by atoms with Gasteiger partial charge in [0, 0.05) is 19.6 Å². The number of rotatable bonds is 11. The molecule has 0 aliphatic rings. The van der Waals surface area contributed by atoms with Crippen molar-refractivity contribution < 1.29 is 19.0 Å². The van der Waals surface area contributed by atoms with Gasteiger partial charge in [0.25, 0.3) is 0 Å². The van der Waals surface area contributed by atoms with E-state index in [0.717, 1.165) is 6.61 Å². The summed E-state index contributed by atoms with van der Waals surface area (Å²) < 4.78 is 15.6. The molecule has 1 amide bonds. The molecule has 0 saturated carbocycles. The molecule has 0 rings (SSSR count). The number of carbonyl (C=O) groups excluding carboxylic acids is 1. The Balaban J connectivity index is 0. The predicted octanol–water partition coefficient (Wildman–Crippen LogP) is 1.61. The zero-order valence-corrected chi connectivity index (χ0v) is 12.3. The molecule has 0 aromatic heterocycles. The van der Waals surface area contributed by atoms with Crippen molar-refractivity contribution in [2.45, 2.75) is 34.1 Å². The van der Waals surface area contributed by atoms with Gasteiger partial charge >= 0.3 is 0 Å². The molecule has 5 heteroatoms. The summed E-state index contributed by atoms with van der Waals surface area (Å²) >= 11 is 0. The van der Waals surface area contributed by atoms with Gasteiger partial charge in [0.15, 0.2) is 0 Å². The molecule has 0 aliphatic heterocycles. The molecule has 1 N–H and O–H groups in total. The third-order valence-electron chi connectivity index (χ3n) is 1.84. The van der Waals surface area contributed by atoms with Crippen LogP contribution in [0.25, 0.3) is 0 Å². The van der Waals surface area contributed by atoms with Crippen LogP contribution in [0.4, 0.5) is 0 Å². The Morgan fingerprint density at radius 3 is 1.89 bits per heavy atom. The molecule has 5 nitrogen and oxygen atoms in total. The standard InChI is InChI=1S/C11H23NO4.C2H6/c1-3-11(13)12-5-6-15-9-10-16-8-7-14-4-2;1-2/h3-10H2,1-2H3,(H,12,13);1-2H3. The quantitative estimate of drug-likeness (QED) is 0.575. The van der Waals surface area contributed by atoms with Gasteiger partial charge in [-0.15, -0.1) is 0 Å². The summed E-state index contributed by atoms with van der Waals surface area (Å²) in [5.74, 6) is 0.0524. The molecular formula is C13H29NO4. The normalized spacial score (nSPS) is 9.56. The maximum atomic E-state index is 10.8. The Morgan fingerprint density at radius 1 is 0.889 bits per heavy atom. The van der Waals surface area contributed by atoms with E-state index in [1.54, 1.807) is 0 Å². The maximum absolute atomic E-state index is 10.8. The van der Waals surface area contributed by atoms with Crippen LogP contribution >= 0.6 is 0 Å². The smallest absolute Gasteiger partial charge is 0.219 e. The fourth-order valence-corrected chi connectivity index (χ4v) is 0.972.